The van der Waals surface area contributed by atoms with Crippen LogP contribution in [0, 0.1) is 0 Å². The number of carbonyl (C=O) groups is 1. The molecule has 0 aliphatic carbocycles. The maximum atomic E-state index is 11.9. The summed E-state index contributed by atoms with van der Waals surface area (Å²) in [6.45, 7) is 0.532. The number of phenols is 1. The quantitative estimate of drug-likeness (QED) is 0.828. The Bertz CT molecular complexity index is 421. The van der Waals surface area contributed by atoms with Gasteiger partial charge in [0.05, 0.1) is 12.6 Å². The summed E-state index contributed by atoms with van der Waals surface area (Å²) in [4.78, 5) is 13.5. The standard InChI is InChI=1S/C13H17NO4/c15-8-10-4-3-7-14(10)13(17)9-18-12-6-2-1-5-11(12)16/h1-2,5-6,10,15-16H,3-4,7-9H2. The predicted molar refractivity (Wildman–Crippen MR) is 65.4 cm³/mol. The van der Waals surface area contributed by atoms with Gasteiger partial charge < -0.3 is 19.8 Å². The van der Waals surface area contributed by atoms with Gasteiger partial charge in [0.25, 0.3) is 5.91 Å². The molecule has 5 nitrogen and oxygen atoms in total. The molecule has 1 unspecified atom stereocenters. The van der Waals surface area contributed by atoms with Crippen molar-refractivity contribution in [1.82, 2.24) is 4.90 Å². The van der Waals surface area contributed by atoms with Gasteiger partial charge in [0, 0.05) is 6.54 Å². The summed E-state index contributed by atoms with van der Waals surface area (Å²) in [5.41, 5.74) is 0. The average Bonchev–Trinajstić information content (AvgIpc) is 2.86. The van der Waals surface area contributed by atoms with E-state index in [0.29, 0.717) is 12.3 Å². The van der Waals surface area contributed by atoms with E-state index in [4.69, 9.17) is 9.84 Å². The molecule has 1 aromatic carbocycles. The molecular formula is C13H17NO4. The molecule has 1 fully saturated rings. The first-order valence-corrected chi connectivity index (χ1v) is 6.03. The second-order valence-corrected chi connectivity index (χ2v) is 4.32. The van der Waals surface area contributed by atoms with Crippen molar-refractivity contribution in [2.75, 3.05) is 19.8 Å². The molecule has 18 heavy (non-hydrogen) atoms. The van der Waals surface area contributed by atoms with Crippen molar-refractivity contribution >= 4 is 5.91 Å². The number of aromatic hydroxyl groups is 1. The Hall–Kier alpha value is -1.75. The molecular weight excluding hydrogens is 234 g/mol. The van der Waals surface area contributed by atoms with Gasteiger partial charge in [0.2, 0.25) is 0 Å². The summed E-state index contributed by atoms with van der Waals surface area (Å²) in [6.07, 6.45) is 1.74. The maximum absolute atomic E-state index is 11.9. The zero-order valence-electron chi connectivity index (χ0n) is 10.1. The molecule has 5 heteroatoms. The van der Waals surface area contributed by atoms with Crippen LogP contribution < -0.4 is 4.74 Å². The largest absolute Gasteiger partial charge is 0.504 e. The number of carbonyl (C=O) groups excluding carboxylic acids is 1. The molecule has 1 saturated heterocycles. The molecule has 1 aliphatic heterocycles. The Morgan fingerprint density at radius 1 is 1.44 bits per heavy atom. The number of phenolic OH excluding ortho intramolecular Hbond substituents is 1. The summed E-state index contributed by atoms with van der Waals surface area (Å²) in [7, 11) is 0. The third kappa shape index (κ3) is 2.73. The van der Waals surface area contributed by atoms with E-state index in [0.717, 1.165) is 12.8 Å². The smallest absolute Gasteiger partial charge is 0.260 e. The first kappa shape index (κ1) is 12.7. The van der Waals surface area contributed by atoms with Gasteiger partial charge in [-0.15, -0.1) is 0 Å². The first-order chi connectivity index (χ1) is 8.72. The van der Waals surface area contributed by atoms with E-state index in [1.165, 1.54) is 6.07 Å². The molecule has 1 amide bonds. The van der Waals surface area contributed by atoms with Gasteiger partial charge in [-0.3, -0.25) is 4.79 Å². The third-order valence-electron chi connectivity index (χ3n) is 3.12. The van der Waals surface area contributed by atoms with E-state index in [-0.39, 0.29) is 30.9 Å². The Labute approximate surface area is 106 Å². The zero-order valence-corrected chi connectivity index (χ0v) is 10.1. The van der Waals surface area contributed by atoms with Gasteiger partial charge in [-0.2, -0.15) is 0 Å². The van der Waals surface area contributed by atoms with E-state index in [2.05, 4.69) is 0 Å². The van der Waals surface area contributed by atoms with Crippen LogP contribution in [0.25, 0.3) is 0 Å². The topological polar surface area (TPSA) is 70.0 Å². The lowest BCUT2D eigenvalue weighted by molar-refractivity contribution is -0.134. The second-order valence-electron chi connectivity index (χ2n) is 4.32. The van der Waals surface area contributed by atoms with Gasteiger partial charge in [-0.1, -0.05) is 12.1 Å². The minimum atomic E-state index is -0.158. The van der Waals surface area contributed by atoms with Crippen LogP contribution in [-0.4, -0.2) is 46.8 Å². The Balaban J connectivity index is 1.90. The molecule has 1 heterocycles. The van der Waals surface area contributed by atoms with Crippen molar-refractivity contribution in [3.63, 3.8) is 0 Å². The Morgan fingerprint density at radius 3 is 2.94 bits per heavy atom. The lowest BCUT2D eigenvalue weighted by atomic mass is 10.2. The van der Waals surface area contributed by atoms with Crippen molar-refractivity contribution in [2.24, 2.45) is 0 Å². The minimum Gasteiger partial charge on any atom is -0.504 e. The van der Waals surface area contributed by atoms with Crippen LogP contribution in [0.4, 0.5) is 0 Å². The van der Waals surface area contributed by atoms with Crippen molar-refractivity contribution in [2.45, 2.75) is 18.9 Å². The fourth-order valence-corrected chi connectivity index (χ4v) is 2.16. The number of aliphatic hydroxyl groups is 1. The van der Waals surface area contributed by atoms with E-state index < -0.39 is 0 Å². The number of ether oxygens (including phenoxy) is 1. The third-order valence-corrected chi connectivity index (χ3v) is 3.12. The highest BCUT2D eigenvalue weighted by Crippen LogP contribution is 2.24. The average molecular weight is 251 g/mol. The van der Waals surface area contributed by atoms with Gasteiger partial charge >= 0.3 is 0 Å². The summed E-state index contributed by atoms with van der Waals surface area (Å²) >= 11 is 0. The molecule has 0 radical (unpaired) electrons. The van der Waals surface area contributed by atoms with E-state index >= 15 is 0 Å². The van der Waals surface area contributed by atoms with Crippen LogP contribution in [0.3, 0.4) is 0 Å². The molecule has 1 atom stereocenters. The molecule has 1 aromatic rings. The van der Waals surface area contributed by atoms with Gasteiger partial charge in [0.15, 0.2) is 18.1 Å². The number of hydrogen-bond acceptors (Lipinski definition) is 4. The number of likely N-dealkylation sites (tertiary alicyclic amines) is 1. The second kappa shape index (κ2) is 5.73. The molecule has 2 rings (SSSR count). The first-order valence-electron chi connectivity index (χ1n) is 6.03. The van der Waals surface area contributed by atoms with Crippen molar-refractivity contribution < 1.29 is 19.7 Å². The maximum Gasteiger partial charge on any atom is 0.260 e. The lowest BCUT2D eigenvalue weighted by Crippen LogP contribution is -2.40. The van der Waals surface area contributed by atoms with Crippen LogP contribution in [0.2, 0.25) is 0 Å². The highest BCUT2D eigenvalue weighted by molar-refractivity contribution is 5.78. The number of amides is 1. The van der Waals surface area contributed by atoms with E-state index in [1.54, 1.807) is 23.1 Å². The summed E-state index contributed by atoms with van der Waals surface area (Å²) in [5.74, 6) is 0.158. The highest BCUT2D eigenvalue weighted by atomic mass is 16.5. The van der Waals surface area contributed by atoms with E-state index in [1.807, 2.05) is 0 Å². The normalized spacial score (nSPS) is 18.9. The van der Waals surface area contributed by atoms with Gasteiger partial charge in [-0.25, -0.2) is 0 Å². The number of para-hydroxylation sites is 2. The van der Waals surface area contributed by atoms with Crippen LogP contribution in [0.1, 0.15) is 12.8 Å². The SMILES string of the molecule is O=C(COc1ccccc1O)N1CCCC1CO. The fraction of sp³-hybridized carbons (Fsp3) is 0.462. The van der Waals surface area contributed by atoms with Gasteiger partial charge in [0.1, 0.15) is 0 Å². The molecule has 2 N–H and O–H groups in total. The van der Waals surface area contributed by atoms with Gasteiger partial charge in [-0.05, 0) is 25.0 Å². The molecule has 98 valence electrons. The molecule has 1 aliphatic rings. The number of aliphatic hydroxyl groups excluding tert-OH is 1. The van der Waals surface area contributed by atoms with Crippen LogP contribution in [0.5, 0.6) is 11.5 Å². The minimum absolute atomic E-state index is 0.0116. The van der Waals surface area contributed by atoms with E-state index in [9.17, 15) is 9.90 Å². The van der Waals surface area contributed by atoms with Crippen LogP contribution in [-0.2, 0) is 4.79 Å². The summed E-state index contributed by atoms with van der Waals surface area (Å²) < 4.78 is 5.28. The van der Waals surface area contributed by atoms with Crippen molar-refractivity contribution in [3.8, 4) is 11.5 Å². The number of rotatable bonds is 4. The summed E-state index contributed by atoms with van der Waals surface area (Å²) in [5, 5.41) is 18.6. The lowest BCUT2D eigenvalue weighted by Gasteiger charge is -2.23. The zero-order chi connectivity index (χ0) is 13.0. The summed E-state index contributed by atoms with van der Waals surface area (Å²) in [6, 6.07) is 6.44. The van der Waals surface area contributed by atoms with Crippen LogP contribution in [0.15, 0.2) is 24.3 Å². The number of hydrogen-bond donors (Lipinski definition) is 2. The Morgan fingerprint density at radius 2 is 2.22 bits per heavy atom. The van der Waals surface area contributed by atoms with Crippen LogP contribution >= 0.6 is 0 Å². The molecule has 0 aromatic heterocycles. The highest BCUT2D eigenvalue weighted by Gasteiger charge is 2.28. The predicted octanol–water partition coefficient (Wildman–Crippen LogP) is 0.754. The fourth-order valence-electron chi connectivity index (χ4n) is 2.16. The van der Waals surface area contributed by atoms with Crippen molar-refractivity contribution in [1.29, 1.82) is 0 Å². The Kier molecular flexibility index (Phi) is 4.04. The number of benzene rings is 1. The number of nitrogens with zero attached hydrogens (tertiary/aromatic N) is 1. The van der Waals surface area contributed by atoms with Crippen molar-refractivity contribution in [3.05, 3.63) is 24.3 Å². The molecule has 0 spiro atoms. The molecule has 0 saturated carbocycles. The molecule has 0 bridgehead atoms. The monoisotopic (exact) mass is 251 g/mol.